The number of hydrogen-bond donors (Lipinski definition) is 4. The molecule has 4 N–H and O–H groups in total. The zero-order valence-corrected chi connectivity index (χ0v) is 12.7. The molecule has 0 fully saturated rings. The third kappa shape index (κ3) is 5.06. The molecule has 22 heavy (non-hydrogen) atoms. The molecule has 2 aromatic rings. The maximum absolute atomic E-state index is 10.7. The summed E-state index contributed by atoms with van der Waals surface area (Å²) >= 11 is 5.16. The molecule has 0 aromatic heterocycles. The van der Waals surface area contributed by atoms with Gasteiger partial charge >= 0.3 is 5.97 Å². The predicted molar refractivity (Wildman–Crippen MR) is 90.9 cm³/mol. The van der Waals surface area contributed by atoms with Crippen LogP contribution in [0.2, 0.25) is 0 Å². The first-order valence-electron chi connectivity index (χ1n) is 6.82. The summed E-state index contributed by atoms with van der Waals surface area (Å²) in [6.07, 6.45) is 0.885. The van der Waals surface area contributed by atoms with Gasteiger partial charge in [-0.2, -0.15) is 0 Å². The molecule has 2 aromatic carbocycles. The number of carboxylic acids is 1. The van der Waals surface area contributed by atoms with Crippen molar-refractivity contribution in [2.24, 2.45) is 0 Å². The maximum Gasteiger partial charge on any atom is 0.335 e. The molecule has 0 spiro atoms. The summed E-state index contributed by atoms with van der Waals surface area (Å²) in [5.41, 5.74) is 7.99. The molecule has 5 nitrogen and oxygen atoms in total. The molecule has 0 amide bonds. The number of thiocarbonyl (C=S) groups is 1. The fourth-order valence-electron chi connectivity index (χ4n) is 1.83. The van der Waals surface area contributed by atoms with Crippen LogP contribution < -0.4 is 16.2 Å². The largest absolute Gasteiger partial charge is 0.478 e. The van der Waals surface area contributed by atoms with Gasteiger partial charge in [-0.1, -0.05) is 30.3 Å². The normalized spacial score (nSPS) is 9.82. The van der Waals surface area contributed by atoms with E-state index in [-0.39, 0.29) is 5.56 Å². The van der Waals surface area contributed by atoms with E-state index in [2.05, 4.69) is 28.3 Å². The van der Waals surface area contributed by atoms with Crippen molar-refractivity contribution in [3.63, 3.8) is 0 Å². The highest BCUT2D eigenvalue weighted by Crippen LogP contribution is 2.08. The van der Waals surface area contributed by atoms with Crippen LogP contribution in [0.3, 0.4) is 0 Å². The molecule has 0 unspecified atom stereocenters. The predicted octanol–water partition coefficient (Wildman–Crippen LogP) is 2.42. The van der Waals surface area contributed by atoms with Crippen molar-refractivity contribution >= 4 is 29.0 Å². The molecule has 0 atom stereocenters. The number of benzene rings is 2. The van der Waals surface area contributed by atoms with Gasteiger partial charge in [-0.25, -0.2) is 4.79 Å². The Balaban J connectivity index is 1.70. The van der Waals surface area contributed by atoms with Crippen LogP contribution in [0.15, 0.2) is 54.6 Å². The molecule has 0 aliphatic heterocycles. The molecule has 6 heteroatoms. The summed E-state index contributed by atoms with van der Waals surface area (Å²) < 4.78 is 0. The monoisotopic (exact) mass is 315 g/mol. The smallest absolute Gasteiger partial charge is 0.335 e. The molecule has 0 aliphatic rings. The molecular weight excluding hydrogens is 298 g/mol. The highest BCUT2D eigenvalue weighted by Gasteiger charge is 2.01. The molecule has 0 bridgehead atoms. The van der Waals surface area contributed by atoms with Crippen molar-refractivity contribution in [2.75, 3.05) is 12.0 Å². The quantitative estimate of drug-likeness (QED) is 0.485. The van der Waals surface area contributed by atoms with Crippen molar-refractivity contribution < 1.29 is 9.90 Å². The zero-order valence-electron chi connectivity index (χ0n) is 11.9. The molecule has 0 heterocycles. The lowest BCUT2D eigenvalue weighted by Gasteiger charge is -2.12. The Morgan fingerprint density at radius 3 is 2.36 bits per heavy atom. The topological polar surface area (TPSA) is 73.4 Å². The molecule has 0 aliphatic carbocycles. The number of hydrogen-bond acceptors (Lipinski definition) is 3. The van der Waals surface area contributed by atoms with Gasteiger partial charge in [0.25, 0.3) is 0 Å². The first-order valence-corrected chi connectivity index (χ1v) is 7.23. The number of nitrogens with one attached hydrogen (secondary N) is 3. The first kappa shape index (κ1) is 15.8. The van der Waals surface area contributed by atoms with Gasteiger partial charge < -0.3 is 10.4 Å². The van der Waals surface area contributed by atoms with Gasteiger partial charge in [-0.3, -0.25) is 10.9 Å². The number of carboxylic acid groups (broad SMARTS) is 1. The summed E-state index contributed by atoms with van der Waals surface area (Å²) in [5.74, 6) is -0.947. The van der Waals surface area contributed by atoms with Crippen molar-refractivity contribution in [1.82, 2.24) is 10.7 Å². The van der Waals surface area contributed by atoms with Crippen molar-refractivity contribution in [3.05, 3.63) is 65.7 Å². The highest BCUT2D eigenvalue weighted by atomic mass is 32.1. The number of aromatic carboxylic acids is 1. The van der Waals surface area contributed by atoms with E-state index in [1.165, 1.54) is 17.7 Å². The minimum Gasteiger partial charge on any atom is -0.478 e. The van der Waals surface area contributed by atoms with Crippen molar-refractivity contribution in [3.8, 4) is 0 Å². The summed E-state index contributed by atoms with van der Waals surface area (Å²) in [7, 11) is 0. The Kier molecular flexibility index (Phi) is 5.73. The summed E-state index contributed by atoms with van der Waals surface area (Å²) in [5, 5.41) is 12.4. The molecule has 0 saturated carbocycles. The second kappa shape index (κ2) is 7.99. The van der Waals surface area contributed by atoms with E-state index in [1.54, 1.807) is 12.1 Å². The molecular formula is C16H17N3O2S. The van der Waals surface area contributed by atoms with E-state index < -0.39 is 5.97 Å². The minimum absolute atomic E-state index is 0.245. The molecule has 0 radical (unpaired) electrons. The Hall–Kier alpha value is -2.60. The average Bonchev–Trinajstić information content (AvgIpc) is 2.54. The Labute approximate surface area is 134 Å². The Bertz CT molecular complexity index is 630. The zero-order chi connectivity index (χ0) is 15.8. The molecule has 0 saturated heterocycles. The van der Waals surface area contributed by atoms with Crippen LogP contribution >= 0.6 is 12.2 Å². The summed E-state index contributed by atoms with van der Waals surface area (Å²) in [4.78, 5) is 10.7. The van der Waals surface area contributed by atoms with E-state index in [9.17, 15) is 4.79 Å². The van der Waals surface area contributed by atoms with E-state index in [0.717, 1.165) is 18.7 Å². The first-order chi connectivity index (χ1) is 10.6. The highest BCUT2D eigenvalue weighted by molar-refractivity contribution is 7.80. The lowest BCUT2D eigenvalue weighted by molar-refractivity contribution is 0.0697. The maximum atomic E-state index is 10.7. The second-order valence-electron chi connectivity index (χ2n) is 4.62. The van der Waals surface area contributed by atoms with Crippen LogP contribution in [0, 0.1) is 0 Å². The van der Waals surface area contributed by atoms with Gasteiger partial charge in [-0.05, 0) is 48.5 Å². The second-order valence-corrected chi connectivity index (χ2v) is 5.03. The van der Waals surface area contributed by atoms with E-state index in [0.29, 0.717) is 5.11 Å². The summed E-state index contributed by atoms with van der Waals surface area (Å²) in [6.45, 7) is 0.732. The van der Waals surface area contributed by atoms with Crippen LogP contribution in [0.5, 0.6) is 0 Å². The van der Waals surface area contributed by atoms with Gasteiger partial charge in [0.1, 0.15) is 0 Å². The number of carbonyl (C=O) groups is 1. The average molecular weight is 315 g/mol. The third-order valence-electron chi connectivity index (χ3n) is 2.99. The van der Waals surface area contributed by atoms with Crippen LogP contribution in [0.4, 0.5) is 5.69 Å². The van der Waals surface area contributed by atoms with Crippen molar-refractivity contribution in [2.45, 2.75) is 6.42 Å². The van der Waals surface area contributed by atoms with Crippen LogP contribution in [0.25, 0.3) is 0 Å². The van der Waals surface area contributed by atoms with Gasteiger partial charge in [0.15, 0.2) is 5.11 Å². The van der Waals surface area contributed by atoms with Crippen LogP contribution in [-0.4, -0.2) is 22.7 Å². The fourth-order valence-corrected chi connectivity index (χ4v) is 1.99. The number of anilines is 1. The van der Waals surface area contributed by atoms with E-state index in [1.807, 2.05) is 18.2 Å². The Morgan fingerprint density at radius 2 is 1.73 bits per heavy atom. The van der Waals surface area contributed by atoms with Crippen LogP contribution in [-0.2, 0) is 6.42 Å². The lowest BCUT2D eigenvalue weighted by Crippen LogP contribution is -2.39. The summed E-state index contributed by atoms with van der Waals surface area (Å²) in [6, 6.07) is 16.5. The van der Waals surface area contributed by atoms with E-state index in [4.69, 9.17) is 17.3 Å². The van der Waals surface area contributed by atoms with Gasteiger partial charge in [-0.15, -0.1) is 0 Å². The standard InChI is InChI=1S/C16H17N3O2S/c20-15(21)13-6-8-14(9-7-13)18-19-16(22)17-11-10-12-4-2-1-3-5-12/h1-9,18H,10-11H2,(H,20,21)(H2,17,19,22). The Morgan fingerprint density at radius 1 is 1.05 bits per heavy atom. The van der Waals surface area contributed by atoms with Gasteiger partial charge in [0.2, 0.25) is 0 Å². The molecule has 114 valence electrons. The van der Waals surface area contributed by atoms with Crippen LogP contribution in [0.1, 0.15) is 15.9 Å². The van der Waals surface area contributed by atoms with Gasteiger partial charge in [0, 0.05) is 6.54 Å². The fraction of sp³-hybridized carbons (Fsp3) is 0.125. The van der Waals surface area contributed by atoms with Crippen molar-refractivity contribution in [1.29, 1.82) is 0 Å². The molecule has 2 rings (SSSR count). The minimum atomic E-state index is -0.947. The number of hydrazine groups is 1. The SMILES string of the molecule is O=C(O)c1ccc(NNC(=S)NCCc2ccccc2)cc1. The lowest BCUT2D eigenvalue weighted by atomic mass is 10.1. The van der Waals surface area contributed by atoms with Gasteiger partial charge in [0.05, 0.1) is 11.3 Å². The number of rotatable bonds is 6. The third-order valence-corrected chi connectivity index (χ3v) is 3.24. The van der Waals surface area contributed by atoms with E-state index >= 15 is 0 Å².